The number of rotatable bonds is 6. The van der Waals surface area contributed by atoms with Gasteiger partial charge >= 0.3 is 0 Å². The van der Waals surface area contributed by atoms with Gasteiger partial charge in [0, 0.05) is 23.6 Å². The first-order chi connectivity index (χ1) is 15.6. The van der Waals surface area contributed by atoms with Gasteiger partial charge in [0.2, 0.25) is 17.7 Å². The van der Waals surface area contributed by atoms with Crippen LogP contribution in [-0.4, -0.2) is 34.4 Å². The summed E-state index contributed by atoms with van der Waals surface area (Å²) in [7, 11) is 0. The molecule has 3 unspecified atom stereocenters. The maximum absolute atomic E-state index is 13.7. The van der Waals surface area contributed by atoms with Gasteiger partial charge in [0.05, 0.1) is 5.41 Å². The molecule has 1 aliphatic carbocycles. The number of nitrogens with zero attached hydrogens (tertiary/aromatic N) is 1. The summed E-state index contributed by atoms with van der Waals surface area (Å²) >= 11 is 0. The van der Waals surface area contributed by atoms with Crippen molar-refractivity contribution in [3.63, 3.8) is 0 Å². The van der Waals surface area contributed by atoms with E-state index in [0.717, 1.165) is 5.56 Å². The minimum Gasteiger partial charge on any atom is -0.324 e. The number of likely N-dealkylation sites (tertiary alicyclic amines) is 1. The molecule has 1 aliphatic heterocycles. The second kappa shape index (κ2) is 8.25. The summed E-state index contributed by atoms with van der Waals surface area (Å²) in [4.78, 5) is 53.8. The van der Waals surface area contributed by atoms with Crippen molar-refractivity contribution < 1.29 is 19.2 Å². The molecule has 4 rings (SSSR count). The van der Waals surface area contributed by atoms with Crippen LogP contribution in [0, 0.1) is 16.7 Å². The maximum Gasteiger partial charge on any atom is 0.248 e. The minimum atomic E-state index is -0.982. The molecule has 3 amide bonds. The van der Waals surface area contributed by atoms with Gasteiger partial charge in [0.25, 0.3) is 0 Å². The average molecular weight is 447 g/mol. The van der Waals surface area contributed by atoms with Crippen LogP contribution in [0.5, 0.6) is 0 Å². The monoisotopic (exact) mass is 446 g/mol. The van der Waals surface area contributed by atoms with Crippen molar-refractivity contribution in [3.8, 4) is 0 Å². The SMILES string of the molecule is CC(=O)c1cccc(NC(=O)C(Cc2ccccc2)N2C(=O)C3CCC(C)(C2=O)C3(C)C)c1. The molecule has 2 aliphatic rings. The van der Waals surface area contributed by atoms with E-state index in [2.05, 4.69) is 5.32 Å². The quantitative estimate of drug-likeness (QED) is 0.531. The van der Waals surface area contributed by atoms with Crippen LogP contribution in [0.4, 0.5) is 5.69 Å². The highest BCUT2D eigenvalue weighted by Gasteiger charge is 2.65. The predicted molar refractivity (Wildman–Crippen MR) is 125 cm³/mol. The number of carbonyl (C=O) groups is 4. The van der Waals surface area contributed by atoms with Crippen molar-refractivity contribution in [2.75, 3.05) is 5.32 Å². The van der Waals surface area contributed by atoms with Gasteiger partial charge in [-0.05, 0) is 42.9 Å². The Morgan fingerprint density at radius 1 is 1.06 bits per heavy atom. The molecule has 1 N–H and O–H groups in total. The molecule has 2 fully saturated rings. The predicted octanol–water partition coefficient (Wildman–Crippen LogP) is 4.25. The molecule has 0 aromatic heterocycles. The van der Waals surface area contributed by atoms with Gasteiger partial charge in [0.1, 0.15) is 6.04 Å². The zero-order chi connectivity index (χ0) is 24.0. The zero-order valence-corrected chi connectivity index (χ0v) is 19.6. The number of amides is 3. The fourth-order valence-electron chi connectivity index (χ4n) is 5.32. The van der Waals surface area contributed by atoms with Crippen LogP contribution >= 0.6 is 0 Å². The topological polar surface area (TPSA) is 83.6 Å². The number of fused-ring (bicyclic) bond motifs is 2. The fraction of sp³-hybridized carbons (Fsp3) is 0.407. The smallest absolute Gasteiger partial charge is 0.248 e. The second-order valence-corrected chi connectivity index (χ2v) is 9.99. The highest BCUT2D eigenvalue weighted by atomic mass is 16.2. The van der Waals surface area contributed by atoms with E-state index < -0.39 is 22.8 Å². The number of piperidine rings is 1. The average Bonchev–Trinajstić information content (AvgIpc) is 2.96. The molecular formula is C27H30N2O4. The van der Waals surface area contributed by atoms with Crippen molar-refractivity contribution in [1.29, 1.82) is 0 Å². The third-order valence-electron chi connectivity index (χ3n) is 7.88. The van der Waals surface area contributed by atoms with Gasteiger partial charge in [-0.25, -0.2) is 0 Å². The zero-order valence-electron chi connectivity index (χ0n) is 19.6. The number of nitrogens with one attached hydrogen (secondary N) is 1. The van der Waals surface area contributed by atoms with Crippen molar-refractivity contribution in [2.45, 2.75) is 53.0 Å². The first-order valence-electron chi connectivity index (χ1n) is 11.4. The van der Waals surface area contributed by atoms with Crippen LogP contribution in [0.1, 0.15) is 56.5 Å². The molecule has 2 bridgehead atoms. The summed E-state index contributed by atoms with van der Waals surface area (Å²) in [5, 5.41) is 2.84. The lowest BCUT2D eigenvalue weighted by Crippen LogP contribution is -2.64. The van der Waals surface area contributed by atoms with Gasteiger partial charge < -0.3 is 5.32 Å². The molecule has 33 heavy (non-hydrogen) atoms. The molecule has 6 nitrogen and oxygen atoms in total. The summed E-state index contributed by atoms with van der Waals surface area (Å²) in [6.45, 7) is 7.35. The number of anilines is 1. The van der Waals surface area contributed by atoms with E-state index in [1.54, 1.807) is 24.3 Å². The molecule has 6 heteroatoms. The van der Waals surface area contributed by atoms with E-state index >= 15 is 0 Å². The minimum absolute atomic E-state index is 0.111. The summed E-state index contributed by atoms with van der Waals surface area (Å²) in [6.07, 6.45) is 1.50. The third kappa shape index (κ3) is 3.77. The second-order valence-electron chi connectivity index (χ2n) is 9.99. The fourth-order valence-corrected chi connectivity index (χ4v) is 5.32. The number of ketones is 1. The molecule has 1 saturated carbocycles. The Bertz CT molecular complexity index is 1120. The van der Waals surface area contributed by atoms with Gasteiger partial charge in [-0.2, -0.15) is 0 Å². The Kier molecular flexibility index (Phi) is 5.72. The van der Waals surface area contributed by atoms with Crippen LogP contribution in [0.25, 0.3) is 0 Å². The Morgan fingerprint density at radius 3 is 2.42 bits per heavy atom. The number of hydrogen-bond donors (Lipinski definition) is 1. The number of benzene rings is 2. The van der Waals surface area contributed by atoms with Crippen molar-refractivity contribution >= 4 is 29.2 Å². The Morgan fingerprint density at radius 2 is 1.76 bits per heavy atom. The van der Waals surface area contributed by atoms with Gasteiger partial charge in [-0.15, -0.1) is 0 Å². The van der Waals surface area contributed by atoms with Gasteiger partial charge in [-0.1, -0.05) is 63.2 Å². The number of hydrogen-bond acceptors (Lipinski definition) is 4. The third-order valence-corrected chi connectivity index (χ3v) is 7.88. The summed E-state index contributed by atoms with van der Waals surface area (Å²) < 4.78 is 0. The van der Waals surface area contributed by atoms with Crippen LogP contribution in [0.3, 0.4) is 0 Å². The summed E-state index contributed by atoms with van der Waals surface area (Å²) in [6, 6.07) is 15.1. The van der Waals surface area contributed by atoms with Crippen LogP contribution < -0.4 is 5.32 Å². The van der Waals surface area contributed by atoms with Gasteiger partial charge in [-0.3, -0.25) is 24.1 Å². The van der Waals surface area contributed by atoms with E-state index in [0.29, 0.717) is 24.1 Å². The number of imide groups is 1. The molecular weight excluding hydrogens is 416 g/mol. The van der Waals surface area contributed by atoms with E-state index in [1.807, 2.05) is 51.1 Å². The van der Waals surface area contributed by atoms with Gasteiger partial charge in [0.15, 0.2) is 5.78 Å². The summed E-state index contributed by atoms with van der Waals surface area (Å²) in [5.41, 5.74) is 0.636. The van der Waals surface area contributed by atoms with E-state index in [9.17, 15) is 19.2 Å². The number of carbonyl (C=O) groups excluding carboxylic acids is 4. The van der Waals surface area contributed by atoms with Crippen LogP contribution in [-0.2, 0) is 20.8 Å². The molecule has 3 atom stereocenters. The lowest BCUT2D eigenvalue weighted by atomic mass is 9.62. The van der Waals surface area contributed by atoms with E-state index in [-0.39, 0.29) is 29.9 Å². The summed E-state index contributed by atoms with van der Waals surface area (Å²) in [5.74, 6) is -1.40. The highest BCUT2D eigenvalue weighted by Crippen LogP contribution is 2.60. The molecule has 1 heterocycles. The highest BCUT2D eigenvalue weighted by molar-refractivity contribution is 6.09. The number of Topliss-reactive ketones (excluding diaryl/α,β-unsaturated/α-hetero) is 1. The van der Waals surface area contributed by atoms with Crippen molar-refractivity contribution in [3.05, 3.63) is 65.7 Å². The Balaban J connectivity index is 1.70. The van der Waals surface area contributed by atoms with Crippen LogP contribution in [0.2, 0.25) is 0 Å². The molecule has 0 spiro atoms. The largest absolute Gasteiger partial charge is 0.324 e. The molecule has 0 radical (unpaired) electrons. The van der Waals surface area contributed by atoms with E-state index in [4.69, 9.17) is 0 Å². The molecule has 2 aromatic rings. The van der Waals surface area contributed by atoms with E-state index in [1.165, 1.54) is 11.8 Å². The molecule has 2 aromatic carbocycles. The lowest BCUT2D eigenvalue weighted by molar-refractivity contribution is -0.172. The van der Waals surface area contributed by atoms with Crippen molar-refractivity contribution in [1.82, 2.24) is 4.90 Å². The Labute approximate surface area is 194 Å². The first kappa shape index (κ1) is 22.9. The van der Waals surface area contributed by atoms with Crippen LogP contribution in [0.15, 0.2) is 54.6 Å². The normalized spacial score (nSPS) is 24.5. The lowest BCUT2D eigenvalue weighted by Gasteiger charge is -2.49. The first-order valence-corrected chi connectivity index (χ1v) is 11.4. The molecule has 172 valence electrons. The standard InChI is InChI=1S/C27H30N2O4/c1-17(30)19-11-8-12-20(16-19)28-23(31)22(15-18-9-6-5-7-10-18)29-24(32)21-13-14-27(4,25(29)33)26(21,2)3/h5-12,16,21-22H,13-15H2,1-4H3,(H,28,31). The maximum atomic E-state index is 13.7. The van der Waals surface area contributed by atoms with Crippen molar-refractivity contribution in [2.24, 2.45) is 16.7 Å². The Hall–Kier alpha value is -3.28. The molecule has 1 saturated heterocycles.